The van der Waals surface area contributed by atoms with Gasteiger partial charge in [0.2, 0.25) is 0 Å². The summed E-state index contributed by atoms with van der Waals surface area (Å²) in [5.74, 6) is -0.176. The highest BCUT2D eigenvalue weighted by atomic mass is 19.1. The molecule has 88 valence electrons. The molecule has 1 aromatic rings. The van der Waals surface area contributed by atoms with Crippen LogP contribution in [0.5, 0.6) is 0 Å². The molecule has 0 atom stereocenters. The quantitative estimate of drug-likeness (QED) is 0.828. The molecule has 0 spiro atoms. The minimum Gasteiger partial charge on any atom is -0.377 e. The number of halogens is 1. The van der Waals surface area contributed by atoms with Gasteiger partial charge in [-0.3, -0.25) is 0 Å². The van der Waals surface area contributed by atoms with Gasteiger partial charge in [-0.05, 0) is 37.0 Å². The van der Waals surface area contributed by atoms with Gasteiger partial charge in [0, 0.05) is 20.2 Å². The summed E-state index contributed by atoms with van der Waals surface area (Å²) in [6, 6.07) is 6.69. The minimum absolute atomic E-state index is 0.0350. The number of ether oxygens (including phenoxy) is 1. The van der Waals surface area contributed by atoms with E-state index >= 15 is 0 Å². The van der Waals surface area contributed by atoms with Crippen molar-refractivity contribution in [1.29, 1.82) is 0 Å². The van der Waals surface area contributed by atoms with E-state index in [1.807, 2.05) is 6.07 Å². The van der Waals surface area contributed by atoms with Gasteiger partial charge >= 0.3 is 0 Å². The fourth-order valence-electron chi connectivity index (χ4n) is 2.11. The molecule has 0 saturated heterocycles. The lowest BCUT2D eigenvalue weighted by Crippen LogP contribution is -2.47. The second kappa shape index (κ2) is 4.93. The smallest absolute Gasteiger partial charge is 0.123 e. The van der Waals surface area contributed by atoms with Crippen LogP contribution in [0.4, 0.5) is 4.39 Å². The number of nitrogens with one attached hydrogen (secondary N) is 1. The summed E-state index contributed by atoms with van der Waals surface area (Å²) in [6.07, 6.45) is 3.49. The third-order valence-electron chi connectivity index (χ3n) is 3.36. The minimum atomic E-state index is -0.176. The van der Waals surface area contributed by atoms with Gasteiger partial charge in [-0.2, -0.15) is 0 Å². The van der Waals surface area contributed by atoms with Gasteiger partial charge in [0.15, 0.2) is 0 Å². The molecule has 0 bridgehead atoms. The zero-order valence-electron chi connectivity index (χ0n) is 9.63. The molecule has 3 heteroatoms. The van der Waals surface area contributed by atoms with Gasteiger partial charge in [0.25, 0.3) is 0 Å². The Morgan fingerprint density at radius 1 is 1.44 bits per heavy atom. The third kappa shape index (κ3) is 2.60. The third-order valence-corrected chi connectivity index (χ3v) is 3.36. The Morgan fingerprint density at radius 3 is 2.81 bits per heavy atom. The van der Waals surface area contributed by atoms with Crippen LogP contribution in [-0.2, 0) is 11.3 Å². The lowest BCUT2D eigenvalue weighted by Gasteiger charge is -2.40. The Balaban J connectivity index is 1.79. The molecule has 0 aromatic heterocycles. The maximum Gasteiger partial charge on any atom is 0.123 e. The van der Waals surface area contributed by atoms with E-state index < -0.39 is 0 Å². The Bertz CT molecular complexity index is 344. The van der Waals surface area contributed by atoms with Crippen LogP contribution in [0.3, 0.4) is 0 Å². The van der Waals surface area contributed by atoms with Crippen LogP contribution >= 0.6 is 0 Å². The van der Waals surface area contributed by atoms with Gasteiger partial charge in [0.1, 0.15) is 5.82 Å². The van der Waals surface area contributed by atoms with Crippen LogP contribution in [-0.4, -0.2) is 19.3 Å². The van der Waals surface area contributed by atoms with E-state index in [0.29, 0.717) is 6.54 Å². The lowest BCUT2D eigenvalue weighted by atomic mass is 9.80. The summed E-state index contributed by atoms with van der Waals surface area (Å²) in [4.78, 5) is 0. The lowest BCUT2D eigenvalue weighted by molar-refractivity contribution is -0.0695. The molecule has 1 aliphatic carbocycles. The van der Waals surface area contributed by atoms with Crippen molar-refractivity contribution in [3.8, 4) is 0 Å². The highest BCUT2D eigenvalue weighted by Crippen LogP contribution is 2.34. The summed E-state index contributed by atoms with van der Waals surface area (Å²) in [5.41, 5.74) is 1.01. The highest BCUT2D eigenvalue weighted by Gasteiger charge is 2.36. The average molecular weight is 223 g/mol. The van der Waals surface area contributed by atoms with E-state index in [2.05, 4.69) is 5.32 Å². The van der Waals surface area contributed by atoms with Crippen molar-refractivity contribution >= 4 is 0 Å². The van der Waals surface area contributed by atoms with Crippen molar-refractivity contribution < 1.29 is 9.13 Å². The SMILES string of the molecule is COC1(CNCc2cccc(F)c2)CCC1. The molecule has 1 aliphatic rings. The summed E-state index contributed by atoms with van der Waals surface area (Å²) in [5, 5.41) is 3.33. The van der Waals surface area contributed by atoms with Gasteiger partial charge in [-0.15, -0.1) is 0 Å². The van der Waals surface area contributed by atoms with Gasteiger partial charge < -0.3 is 10.1 Å². The summed E-state index contributed by atoms with van der Waals surface area (Å²) < 4.78 is 18.4. The molecule has 0 radical (unpaired) electrons. The van der Waals surface area contributed by atoms with E-state index in [9.17, 15) is 4.39 Å². The second-order valence-electron chi connectivity index (χ2n) is 4.47. The number of benzene rings is 1. The van der Waals surface area contributed by atoms with Crippen LogP contribution in [0.2, 0.25) is 0 Å². The summed E-state index contributed by atoms with van der Waals surface area (Å²) in [6.45, 7) is 1.54. The molecule has 0 amide bonds. The molecule has 1 saturated carbocycles. The number of hydrogen-bond donors (Lipinski definition) is 1. The Hall–Kier alpha value is -0.930. The van der Waals surface area contributed by atoms with Crippen molar-refractivity contribution in [1.82, 2.24) is 5.32 Å². The van der Waals surface area contributed by atoms with E-state index in [1.165, 1.54) is 12.5 Å². The van der Waals surface area contributed by atoms with Crippen molar-refractivity contribution in [2.24, 2.45) is 0 Å². The van der Waals surface area contributed by atoms with Crippen LogP contribution in [0, 0.1) is 5.82 Å². The Labute approximate surface area is 95.8 Å². The zero-order valence-corrected chi connectivity index (χ0v) is 9.63. The van der Waals surface area contributed by atoms with Crippen molar-refractivity contribution in [2.45, 2.75) is 31.4 Å². The first-order valence-corrected chi connectivity index (χ1v) is 5.74. The van der Waals surface area contributed by atoms with Gasteiger partial charge in [-0.25, -0.2) is 4.39 Å². The van der Waals surface area contributed by atoms with E-state index in [0.717, 1.165) is 24.9 Å². The first kappa shape index (κ1) is 11.6. The van der Waals surface area contributed by atoms with Crippen LogP contribution in [0.15, 0.2) is 24.3 Å². The molecular formula is C13H18FNO. The molecule has 0 heterocycles. The molecule has 2 rings (SSSR count). The molecule has 1 N–H and O–H groups in total. The first-order chi connectivity index (χ1) is 7.74. The largest absolute Gasteiger partial charge is 0.377 e. The number of hydrogen-bond acceptors (Lipinski definition) is 2. The normalized spacial score (nSPS) is 18.1. The Morgan fingerprint density at radius 2 is 2.25 bits per heavy atom. The fourth-order valence-corrected chi connectivity index (χ4v) is 2.11. The van der Waals surface area contributed by atoms with Crippen LogP contribution < -0.4 is 5.32 Å². The average Bonchev–Trinajstić information content (AvgIpc) is 2.22. The van der Waals surface area contributed by atoms with Crippen molar-refractivity contribution in [2.75, 3.05) is 13.7 Å². The molecule has 1 aromatic carbocycles. The molecular weight excluding hydrogens is 205 g/mol. The van der Waals surface area contributed by atoms with E-state index in [-0.39, 0.29) is 11.4 Å². The van der Waals surface area contributed by atoms with Crippen molar-refractivity contribution in [3.05, 3.63) is 35.6 Å². The zero-order chi connectivity index (χ0) is 11.4. The maximum atomic E-state index is 12.9. The van der Waals surface area contributed by atoms with Gasteiger partial charge in [-0.1, -0.05) is 12.1 Å². The number of methoxy groups -OCH3 is 1. The standard InChI is InChI=1S/C13H18FNO/c1-16-13(6-3-7-13)10-15-9-11-4-2-5-12(14)8-11/h2,4-5,8,15H,3,6-7,9-10H2,1H3. The monoisotopic (exact) mass is 223 g/mol. The van der Waals surface area contributed by atoms with E-state index in [4.69, 9.17) is 4.74 Å². The molecule has 0 unspecified atom stereocenters. The fraction of sp³-hybridized carbons (Fsp3) is 0.538. The highest BCUT2D eigenvalue weighted by molar-refractivity contribution is 5.16. The van der Waals surface area contributed by atoms with Crippen LogP contribution in [0.1, 0.15) is 24.8 Å². The topological polar surface area (TPSA) is 21.3 Å². The summed E-state index contributed by atoms with van der Waals surface area (Å²) >= 11 is 0. The molecule has 2 nitrogen and oxygen atoms in total. The molecule has 1 fully saturated rings. The molecule has 0 aliphatic heterocycles. The maximum absolute atomic E-state index is 12.9. The summed E-state index contributed by atoms with van der Waals surface area (Å²) in [7, 11) is 1.77. The van der Waals surface area contributed by atoms with Crippen molar-refractivity contribution in [3.63, 3.8) is 0 Å². The second-order valence-corrected chi connectivity index (χ2v) is 4.47. The van der Waals surface area contributed by atoms with E-state index in [1.54, 1.807) is 19.2 Å². The van der Waals surface area contributed by atoms with Crippen LogP contribution in [0.25, 0.3) is 0 Å². The van der Waals surface area contributed by atoms with Gasteiger partial charge in [0.05, 0.1) is 5.60 Å². The predicted octanol–water partition coefficient (Wildman–Crippen LogP) is 2.48. The first-order valence-electron chi connectivity index (χ1n) is 5.74. The Kier molecular flexibility index (Phi) is 3.56. The number of rotatable bonds is 5. The molecule has 16 heavy (non-hydrogen) atoms. The predicted molar refractivity (Wildman–Crippen MR) is 61.7 cm³/mol.